The fourth-order valence-corrected chi connectivity index (χ4v) is 5.18. The summed E-state index contributed by atoms with van der Waals surface area (Å²) in [6.45, 7) is 2.08. The van der Waals surface area contributed by atoms with Crippen LogP contribution in [0.15, 0.2) is 54.6 Å². The van der Waals surface area contributed by atoms with Gasteiger partial charge in [-0.1, -0.05) is 42.5 Å². The van der Waals surface area contributed by atoms with Crippen LogP contribution in [0.1, 0.15) is 55.6 Å². The summed E-state index contributed by atoms with van der Waals surface area (Å²) >= 11 is 0. The summed E-state index contributed by atoms with van der Waals surface area (Å²) in [7, 11) is 0. The van der Waals surface area contributed by atoms with E-state index in [4.69, 9.17) is 0 Å². The van der Waals surface area contributed by atoms with E-state index in [0.717, 1.165) is 44.3 Å². The SMILES string of the molecule is O=C(O)[C@]1(c2ccccc2)CC[C@@H](N2CCC(c3ccc(F)cc3)CC2)CC1. The van der Waals surface area contributed by atoms with Gasteiger partial charge in [-0.25, -0.2) is 4.39 Å². The first-order valence-corrected chi connectivity index (χ1v) is 10.4. The maximum atomic E-state index is 13.2. The molecular formula is C24H28FNO2. The predicted molar refractivity (Wildman–Crippen MR) is 108 cm³/mol. The first kappa shape index (κ1) is 19.1. The zero-order valence-electron chi connectivity index (χ0n) is 16.2. The number of carboxylic acid groups (broad SMARTS) is 1. The van der Waals surface area contributed by atoms with E-state index in [-0.39, 0.29) is 5.82 Å². The van der Waals surface area contributed by atoms with Crippen molar-refractivity contribution in [1.82, 2.24) is 4.90 Å². The van der Waals surface area contributed by atoms with Crippen molar-refractivity contribution in [3.63, 3.8) is 0 Å². The van der Waals surface area contributed by atoms with Crippen molar-refractivity contribution in [2.24, 2.45) is 0 Å². The number of hydrogen-bond donors (Lipinski definition) is 1. The molecular weight excluding hydrogens is 353 g/mol. The van der Waals surface area contributed by atoms with E-state index in [2.05, 4.69) is 4.90 Å². The maximum absolute atomic E-state index is 13.2. The number of benzene rings is 2. The maximum Gasteiger partial charge on any atom is 0.314 e. The summed E-state index contributed by atoms with van der Waals surface area (Å²) in [6.07, 6.45) is 5.45. The van der Waals surface area contributed by atoms with Gasteiger partial charge in [-0.3, -0.25) is 4.79 Å². The zero-order valence-corrected chi connectivity index (χ0v) is 16.2. The lowest BCUT2D eigenvalue weighted by molar-refractivity contribution is -0.145. The zero-order chi connectivity index (χ0) is 19.6. The van der Waals surface area contributed by atoms with E-state index < -0.39 is 11.4 Å². The van der Waals surface area contributed by atoms with Gasteiger partial charge < -0.3 is 10.0 Å². The molecule has 0 atom stereocenters. The van der Waals surface area contributed by atoms with Gasteiger partial charge >= 0.3 is 5.97 Å². The molecule has 1 N–H and O–H groups in total. The summed E-state index contributed by atoms with van der Waals surface area (Å²) in [5.74, 6) is -0.362. The van der Waals surface area contributed by atoms with E-state index in [1.165, 1.54) is 5.56 Å². The van der Waals surface area contributed by atoms with Gasteiger partial charge in [-0.15, -0.1) is 0 Å². The Labute approximate surface area is 166 Å². The average Bonchev–Trinajstić information content (AvgIpc) is 2.75. The lowest BCUT2D eigenvalue weighted by atomic mass is 9.68. The van der Waals surface area contributed by atoms with Gasteiger partial charge in [0.15, 0.2) is 0 Å². The molecule has 148 valence electrons. The molecule has 2 aromatic carbocycles. The summed E-state index contributed by atoms with van der Waals surface area (Å²) in [5.41, 5.74) is 1.44. The summed E-state index contributed by atoms with van der Waals surface area (Å²) in [6, 6.07) is 17.1. The molecule has 4 rings (SSSR count). The minimum atomic E-state index is -0.732. The van der Waals surface area contributed by atoms with Crippen LogP contribution in [-0.4, -0.2) is 35.1 Å². The predicted octanol–water partition coefficient (Wildman–Crippen LogP) is 4.97. The highest BCUT2D eigenvalue weighted by Crippen LogP contribution is 2.42. The summed E-state index contributed by atoms with van der Waals surface area (Å²) in [4.78, 5) is 14.7. The summed E-state index contributed by atoms with van der Waals surface area (Å²) < 4.78 is 13.2. The van der Waals surface area contributed by atoms with Gasteiger partial charge in [-0.05, 0) is 80.8 Å². The summed E-state index contributed by atoms with van der Waals surface area (Å²) in [5, 5.41) is 9.98. The number of hydrogen-bond acceptors (Lipinski definition) is 2. The Hall–Kier alpha value is -2.20. The molecule has 3 nitrogen and oxygen atoms in total. The normalized spacial score (nSPS) is 26.8. The van der Waals surface area contributed by atoms with Crippen molar-refractivity contribution >= 4 is 5.97 Å². The second kappa shape index (κ2) is 8.04. The highest BCUT2D eigenvalue weighted by molar-refractivity contribution is 5.81. The van der Waals surface area contributed by atoms with Gasteiger partial charge in [0.1, 0.15) is 5.82 Å². The highest BCUT2D eigenvalue weighted by atomic mass is 19.1. The third-order valence-electron chi connectivity index (χ3n) is 6.93. The van der Waals surface area contributed by atoms with Gasteiger partial charge in [0.05, 0.1) is 5.41 Å². The van der Waals surface area contributed by atoms with Crippen molar-refractivity contribution in [1.29, 1.82) is 0 Å². The molecule has 1 saturated heterocycles. The minimum Gasteiger partial charge on any atom is -0.481 e. The minimum absolute atomic E-state index is 0.177. The second-order valence-electron chi connectivity index (χ2n) is 8.35. The third kappa shape index (κ3) is 3.70. The number of carboxylic acids is 1. The molecule has 4 heteroatoms. The van der Waals surface area contributed by atoms with E-state index in [1.54, 1.807) is 12.1 Å². The van der Waals surface area contributed by atoms with Crippen LogP contribution in [0.5, 0.6) is 0 Å². The van der Waals surface area contributed by atoms with Crippen molar-refractivity contribution < 1.29 is 14.3 Å². The molecule has 0 radical (unpaired) electrons. The van der Waals surface area contributed by atoms with Crippen molar-refractivity contribution in [2.45, 2.75) is 55.9 Å². The molecule has 0 unspecified atom stereocenters. The Kier molecular flexibility index (Phi) is 5.49. The topological polar surface area (TPSA) is 40.5 Å². The molecule has 0 aromatic heterocycles. The average molecular weight is 381 g/mol. The Balaban J connectivity index is 1.37. The fraction of sp³-hybridized carbons (Fsp3) is 0.458. The van der Waals surface area contributed by atoms with Crippen LogP contribution in [0.3, 0.4) is 0 Å². The molecule has 1 heterocycles. The van der Waals surface area contributed by atoms with E-state index >= 15 is 0 Å². The Morgan fingerprint density at radius 1 is 0.929 bits per heavy atom. The first-order chi connectivity index (χ1) is 13.6. The second-order valence-corrected chi connectivity index (χ2v) is 8.35. The molecule has 0 bridgehead atoms. The van der Waals surface area contributed by atoms with Crippen LogP contribution in [0, 0.1) is 5.82 Å². The fourth-order valence-electron chi connectivity index (χ4n) is 5.18. The molecule has 0 amide bonds. The van der Waals surface area contributed by atoms with Crippen LogP contribution in [0.25, 0.3) is 0 Å². The van der Waals surface area contributed by atoms with Crippen molar-refractivity contribution in [3.05, 3.63) is 71.5 Å². The number of likely N-dealkylation sites (tertiary alicyclic amines) is 1. The number of nitrogens with zero attached hydrogens (tertiary/aromatic N) is 1. The van der Waals surface area contributed by atoms with Crippen LogP contribution >= 0.6 is 0 Å². The van der Waals surface area contributed by atoms with Crippen molar-refractivity contribution in [2.75, 3.05) is 13.1 Å². The number of aliphatic carboxylic acids is 1. The Bertz CT molecular complexity index is 789. The van der Waals surface area contributed by atoms with Gasteiger partial charge in [0.2, 0.25) is 0 Å². The third-order valence-corrected chi connectivity index (χ3v) is 6.93. The first-order valence-electron chi connectivity index (χ1n) is 10.4. The lowest BCUT2D eigenvalue weighted by Crippen LogP contribution is -2.48. The number of rotatable bonds is 4. The smallest absolute Gasteiger partial charge is 0.314 e. The molecule has 1 aliphatic heterocycles. The van der Waals surface area contributed by atoms with Crippen LogP contribution in [0.2, 0.25) is 0 Å². The largest absolute Gasteiger partial charge is 0.481 e. The number of carbonyl (C=O) groups is 1. The molecule has 28 heavy (non-hydrogen) atoms. The molecule has 1 aliphatic carbocycles. The lowest BCUT2D eigenvalue weighted by Gasteiger charge is -2.44. The number of halogens is 1. The molecule has 2 aliphatic rings. The van der Waals surface area contributed by atoms with E-state index in [9.17, 15) is 14.3 Å². The van der Waals surface area contributed by atoms with Crippen LogP contribution < -0.4 is 0 Å². The monoisotopic (exact) mass is 381 g/mol. The standard InChI is InChI=1S/C24H28FNO2/c25-21-8-6-18(7-9-21)19-12-16-26(17-13-19)22-10-14-24(15-11-22,23(27)28)20-4-2-1-3-5-20/h1-9,19,22H,10-17H2,(H,27,28)/t22-,24-. The molecule has 2 fully saturated rings. The van der Waals surface area contributed by atoms with Gasteiger partial charge in [-0.2, -0.15) is 0 Å². The highest BCUT2D eigenvalue weighted by Gasteiger charge is 2.44. The Morgan fingerprint density at radius 3 is 2.11 bits per heavy atom. The number of piperidine rings is 1. The van der Waals surface area contributed by atoms with Gasteiger partial charge in [0.25, 0.3) is 0 Å². The van der Waals surface area contributed by atoms with E-state index in [0.29, 0.717) is 24.8 Å². The molecule has 2 aromatic rings. The van der Waals surface area contributed by atoms with Crippen LogP contribution in [0.4, 0.5) is 4.39 Å². The quantitative estimate of drug-likeness (QED) is 0.813. The van der Waals surface area contributed by atoms with Crippen LogP contribution in [-0.2, 0) is 10.2 Å². The van der Waals surface area contributed by atoms with Crippen molar-refractivity contribution in [3.8, 4) is 0 Å². The molecule has 0 spiro atoms. The van der Waals surface area contributed by atoms with E-state index in [1.807, 2.05) is 42.5 Å². The Morgan fingerprint density at radius 2 is 1.54 bits per heavy atom. The van der Waals surface area contributed by atoms with Gasteiger partial charge in [0, 0.05) is 6.04 Å². The molecule has 1 saturated carbocycles.